The van der Waals surface area contributed by atoms with Gasteiger partial charge >= 0.3 is 0 Å². The molecule has 0 radical (unpaired) electrons. The molecule has 0 amide bonds. The molecule has 36 valence electrons. The van der Waals surface area contributed by atoms with Gasteiger partial charge in [0.25, 0.3) is 0 Å². The van der Waals surface area contributed by atoms with Crippen LogP contribution in [0.5, 0.6) is 0 Å². The summed E-state index contributed by atoms with van der Waals surface area (Å²) in [6, 6.07) is 3.09. The molecule has 7 heavy (non-hydrogen) atoms. The lowest BCUT2D eigenvalue weighted by Crippen LogP contribution is -1.89. The quantitative estimate of drug-likeness (QED) is 0.491. The lowest BCUT2D eigenvalue weighted by atomic mass is 10.6. The fraction of sp³-hybridized carbons (Fsp3) is 0. The summed E-state index contributed by atoms with van der Waals surface area (Å²) in [5.74, 6) is 0. The highest BCUT2D eigenvalue weighted by atomic mass is 32.1. The normalized spacial score (nSPS) is 8.57. The number of rotatable bonds is 0. The lowest BCUT2D eigenvalue weighted by molar-refractivity contribution is 1.68. The van der Waals surface area contributed by atoms with Crippen molar-refractivity contribution >= 4 is 11.3 Å². The minimum Gasteiger partial charge on any atom is -0.290 e. The molecule has 0 saturated carbocycles. The summed E-state index contributed by atoms with van der Waals surface area (Å²) >= 11 is 1.52. The summed E-state index contributed by atoms with van der Waals surface area (Å²) in [6.45, 7) is 0. The maximum Gasteiger partial charge on any atom is 0.180 e. The fourth-order valence-corrected chi connectivity index (χ4v) is 0.830. The van der Waals surface area contributed by atoms with Gasteiger partial charge in [0.1, 0.15) is 0 Å². The first-order valence-corrected chi connectivity index (χ1v) is 2.86. The molecule has 1 rings (SSSR count). The highest BCUT2D eigenvalue weighted by Gasteiger charge is 1.71. The van der Waals surface area contributed by atoms with Crippen molar-refractivity contribution < 1.29 is 0 Å². The molecule has 1 nitrogen and oxygen atoms in total. The van der Waals surface area contributed by atoms with Crippen LogP contribution < -0.4 is 5.43 Å². The zero-order valence-electron chi connectivity index (χ0n) is 3.63. The molecular formula is C5H4OS. The first-order chi connectivity index (χ1) is 3.39. The highest BCUT2D eigenvalue weighted by molar-refractivity contribution is 7.07. The van der Waals surface area contributed by atoms with E-state index in [9.17, 15) is 4.79 Å². The van der Waals surface area contributed by atoms with E-state index in [0.29, 0.717) is 0 Å². The van der Waals surface area contributed by atoms with Gasteiger partial charge in [0.2, 0.25) is 0 Å². The van der Waals surface area contributed by atoms with Crippen LogP contribution >= 0.6 is 11.3 Å². The first kappa shape index (κ1) is 4.53. The van der Waals surface area contributed by atoms with Crippen LogP contribution in [0.2, 0.25) is 0 Å². The molecule has 0 saturated heterocycles. The summed E-state index contributed by atoms with van der Waals surface area (Å²) in [4.78, 5) is 10.3. The summed E-state index contributed by atoms with van der Waals surface area (Å²) < 4.78 is 0. The summed E-state index contributed by atoms with van der Waals surface area (Å²) in [7, 11) is 0. The third-order valence-corrected chi connectivity index (χ3v) is 1.21. The van der Waals surface area contributed by atoms with E-state index in [1.807, 2.05) is 0 Å². The van der Waals surface area contributed by atoms with Crippen LogP contribution in [-0.4, -0.2) is 0 Å². The monoisotopic (exact) mass is 112 g/mol. The van der Waals surface area contributed by atoms with Gasteiger partial charge in [0.15, 0.2) is 5.43 Å². The van der Waals surface area contributed by atoms with Gasteiger partial charge in [-0.2, -0.15) is 11.3 Å². The second-order valence-electron chi connectivity index (χ2n) is 1.14. The zero-order chi connectivity index (χ0) is 5.11. The van der Waals surface area contributed by atoms with Crippen molar-refractivity contribution in [2.24, 2.45) is 0 Å². The molecule has 1 aromatic rings. The van der Waals surface area contributed by atoms with E-state index in [-0.39, 0.29) is 5.43 Å². The Bertz CT molecular complexity index is 174. The van der Waals surface area contributed by atoms with E-state index >= 15 is 0 Å². The number of hydrogen-bond acceptors (Lipinski definition) is 2. The van der Waals surface area contributed by atoms with E-state index in [0.717, 1.165) is 0 Å². The van der Waals surface area contributed by atoms with Crippen molar-refractivity contribution in [3.8, 4) is 0 Å². The Balaban J connectivity index is 3.28. The average Bonchev–Trinajstić information content (AvgIpc) is 1.69. The molecule has 0 aliphatic carbocycles. The van der Waals surface area contributed by atoms with Gasteiger partial charge in [-0.25, -0.2) is 0 Å². The Morgan fingerprint density at radius 1 is 1.29 bits per heavy atom. The molecule has 0 aliphatic rings. The van der Waals surface area contributed by atoms with Crippen molar-refractivity contribution in [2.45, 2.75) is 0 Å². The van der Waals surface area contributed by atoms with E-state index in [1.54, 1.807) is 22.9 Å². The average molecular weight is 112 g/mol. The minimum absolute atomic E-state index is 0.0822. The molecule has 0 atom stereocenters. The van der Waals surface area contributed by atoms with Crippen molar-refractivity contribution in [2.75, 3.05) is 0 Å². The molecule has 0 unspecified atom stereocenters. The van der Waals surface area contributed by atoms with Crippen LogP contribution in [0.4, 0.5) is 0 Å². The van der Waals surface area contributed by atoms with E-state index in [4.69, 9.17) is 0 Å². The topological polar surface area (TPSA) is 17.1 Å². The molecular weight excluding hydrogens is 108 g/mol. The van der Waals surface area contributed by atoms with Gasteiger partial charge in [0, 0.05) is 0 Å². The predicted octanol–water partition coefficient (Wildman–Crippen LogP) is 1.11. The minimum atomic E-state index is 0.0822. The molecule has 0 bridgehead atoms. The first-order valence-electron chi connectivity index (χ1n) is 1.92. The van der Waals surface area contributed by atoms with Gasteiger partial charge in [0.05, 0.1) is 0 Å². The largest absolute Gasteiger partial charge is 0.290 e. The Kier molecular flexibility index (Phi) is 1.22. The van der Waals surface area contributed by atoms with Crippen LogP contribution in [0.25, 0.3) is 0 Å². The third kappa shape index (κ3) is 1.12. The summed E-state index contributed by atoms with van der Waals surface area (Å²) in [5, 5.41) is 3.53. The lowest BCUT2D eigenvalue weighted by Gasteiger charge is -1.69. The van der Waals surface area contributed by atoms with Crippen LogP contribution in [0.15, 0.2) is 27.7 Å². The van der Waals surface area contributed by atoms with Crippen LogP contribution in [0.1, 0.15) is 0 Å². The van der Waals surface area contributed by atoms with Gasteiger partial charge in [-0.3, -0.25) is 4.79 Å². The predicted molar refractivity (Wildman–Crippen MR) is 30.6 cm³/mol. The van der Waals surface area contributed by atoms with Crippen LogP contribution in [0, 0.1) is 0 Å². The Morgan fingerprint density at radius 2 is 1.86 bits per heavy atom. The van der Waals surface area contributed by atoms with Crippen LogP contribution in [-0.2, 0) is 0 Å². The van der Waals surface area contributed by atoms with Crippen LogP contribution in [0.3, 0.4) is 0 Å². The Hall–Kier alpha value is -0.630. The molecule has 0 N–H and O–H groups in total. The van der Waals surface area contributed by atoms with E-state index < -0.39 is 0 Å². The van der Waals surface area contributed by atoms with E-state index in [1.165, 1.54) is 11.3 Å². The van der Waals surface area contributed by atoms with Gasteiger partial charge in [-0.05, 0) is 22.9 Å². The Morgan fingerprint density at radius 3 is 2.14 bits per heavy atom. The van der Waals surface area contributed by atoms with Gasteiger partial charge in [-0.15, -0.1) is 0 Å². The third-order valence-electron chi connectivity index (χ3n) is 0.622. The highest BCUT2D eigenvalue weighted by Crippen LogP contribution is 1.85. The van der Waals surface area contributed by atoms with Gasteiger partial charge < -0.3 is 0 Å². The zero-order valence-corrected chi connectivity index (χ0v) is 4.44. The molecule has 0 aliphatic heterocycles. The fourth-order valence-electron chi connectivity index (χ4n) is 0.314. The Labute approximate surface area is 45.2 Å². The second-order valence-corrected chi connectivity index (χ2v) is 1.96. The maximum absolute atomic E-state index is 10.3. The molecule has 0 spiro atoms. The standard InChI is InChI=1S/C5H4OS/c6-5-1-3-7-4-2-5/h1-4H. The SMILES string of the molecule is O=c1ccscc1. The summed E-state index contributed by atoms with van der Waals surface area (Å²) in [5.41, 5.74) is 0.0822. The molecule has 2 heteroatoms. The maximum atomic E-state index is 10.3. The number of hydrogen-bond donors (Lipinski definition) is 0. The molecule has 0 aromatic carbocycles. The molecule has 0 fully saturated rings. The molecule has 1 aromatic heterocycles. The second kappa shape index (κ2) is 1.89. The summed E-state index contributed by atoms with van der Waals surface area (Å²) in [6.07, 6.45) is 0. The smallest absolute Gasteiger partial charge is 0.180 e. The van der Waals surface area contributed by atoms with Gasteiger partial charge in [-0.1, -0.05) is 0 Å². The van der Waals surface area contributed by atoms with Crippen molar-refractivity contribution in [3.05, 3.63) is 33.1 Å². The van der Waals surface area contributed by atoms with E-state index in [2.05, 4.69) is 0 Å². The van der Waals surface area contributed by atoms with Crippen molar-refractivity contribution in [1.82, 2.24) is 0 Å². The van der Waals surface area contributed by atoms with Crippen molar-refractivity contribution in [1.29, 1.82) is 0 Å². The molecule has 1 heterocycles. The van der Waals surface area contributed by atoms with Crippen molar-refractivity contribution in [3.63, 3.8) is 0 Å².